The minimum atomic E-state index is 0. The maximum atomic E-state index is 10.0. The van der Waals surface area contributed by atoms with Crippen LogP contribution in [0.2, 0.25) is 0 Å². The Balaban J connectivity index is 0.00000208. The standard InChI is InChI=1S/C16H12N2O4S.Na/c19-15-10-5-11-3-1-2-4-14(11)16(15)18-17-12-6-8-13(9-7-12)23-22-21-20;/h1-10,19-20H;/q;+1/p-1. The van der Waals surface area contributed by atoms with Crippen molar-refractivity contribution in [3.8, 4) is 5.75 Å². The zero-order chi connectivity index (χ0) is 16.1. The van der Waals surface area contributed by atoms with Crippen LogP contribution in [0.5, 0.6) is 5.75 Å². The SMILES string of the molecule is [Na+].[O-]OOSc1ccc(N=Nc2c(O)ccc3ccccc23)cc1. The first kappa shape index (κ1) is 18.9. The summed E-state index contributed by atoms with van der Waals surface area (Å²) in [5.41, 5.74) is 1.02. The van der Waals surface area contributed by atoms with Gasteiger partial charge in [0.1, 0.15) is 11.4 Å². The Bertz CT molecular complexity index is 843. The van der Waals surface area contributed by atoms with Gasteiger partial charge in [-0.2, -0.15) is 9.45 Å². The maximum absolute atomic E-state index is 10.0. The van der Waals surface area contributed by atoms with E-state index in [2.05, 4.69) is 19.6 Å². The Morgan fingerprint density at radius 3 is 2.42 bits per heavy atom. The molecule has 0 saturated heterocycles. The summed E-state index contributed by atoms with van der Waals surface area (Å²) in [6.45, 7) is 0. The average Bonchev–Trinajstić information content (AvgIpc) is 2.60. The molecule has 0 aromatic heterocycles. The quantitative estimate of drug-likeness (QED) is 0.246. The fraction of sp³-hybridized carbons (Fsp3) is 0. The Morgan fingerprint density at radius 2 is 1.67 bits per heavy atom. The van der Waals surface area contributed by atoms with Gasteiger partial charge in [-0.3, -0.25) is 5.04 Å². The molecular formula is C16H11N2NaO4S. The van der Waals surface area contributed by atoms with E-state index in [-0.39, 0.29) is 35.3 Å². The summed E-state index contributed by atoms with van der Waals surface area (Å²) in [5.74, 6) is 0.0700. The third-order valence-electron chi connectivity index (χ3n) is 3.14. The number of nitrogens with zero attached hydrogens (tertiary/aromatic N) is 2. The van der Waals surface area contributed by atoms with Crippen molar-refractivity contribution in [1.29, 1.82) is 0 Å². The van der Waals surface area contributed by atoms with Crippen LogP contribution in [0.4, 0.5) is 11.4 Å². The molecule has 0 unspecified atom stereocenters. The second-order valence-electron chi connectivity index (χ2n) is 4.57. The number of aromatic hydroxyl groups is 1. The fourth-order valence-electron chi connectivity index (χ4n) is 2.08. The van der Waals surface area contributed by atoms with E-state index in [0.29, 0.717) is 16.3 Å². The van der Waals surface area contributed by atoms with Gasteiger partial charge in [0.15, 0.2) is 0 Å². The number of hydrogen-bond acceptors (Lipinski definition) is 7. The van der Waals surface area contributed by atoms with E-state index in [0.717, 1.165) is 22.8 Å². The summed E-state index contributed by atoms with van der Waals surface area (Å²) >= 11 is 0.801. The molecule has 3 aromatic carbocycles. The molecule has 0 aliphatic carbocycles. The second-order valence-corrected chi connectivity index (χ2v) is 5.34. The Morgan fingerprint density at radius 1 is 0.917 bits per heavy atom. The van der Waals surface area contributed by atoms with E-state index in [1.54, 1.807) is 30.3 Å². The van der Waals surface area contributed by atoms with E-state index in [4.69, 9.17) is 0 Å². The van der Waals surface area contributed by atoms with E-state index in [9.17, 15) is 10.4 Å². The van der Waals surface area contributed by atoms with E-state index < -0.39 is 0 Å². The van der Waals surface area contributed by atoms with Gasteiger partial charge in [-0.1, -0.05) is 30.3 Å². The molecule has 3 rings (SSSR count). The average molecular weight is 350 g/mol. The molecule has 24 heavy (non-hydrogen) atoms. The summed E-state index contributed by atoms with van der Waals surface area (Å²) in [7, 11) is 0. The van der Waals surface area contributed by atoms with Crippen LogP contribution in [0.3, 0.4) is 0 Å². The van der Waals surface area contributed by atoms with Gasteiger partial charge in [-0.05, 0) is 35.7 Å². The van der Waals surface area contributed by atoms with Gasteiger partial charge in [0.05, 0.1) is 17.7 Å². The summed E-state index contributed by atoms with van der Waals surface area (Å²) in [4.78, 5) is 0.688. The Kier molecular flexibility index (Phi) is 7.19. The maximum Gasteiger partial charge on any atom is 1.00 e. The van der Waals surface area contributed by atoms with Crippen molar-refractivity contribution in [3.05, 3.63) is 60.7 Å². The predicted molar refractivity (Wildman–Crippen MR) is 84.3 cm³/mol. The number of phenolic OH excluding ortho intramolecular Hbond substituents is 1. The molecule has 0 radical (unpaired) electrons. The minimum absolute atomic E-state index is 0. The van der Waals surface area contributed by atoms with Crippen molar-refractivity contribution >= 4 is 34.2 Å². The van der Waals surface area contributed by atoms with Gasteiger partial charge in [0.25, 0.3) is 0 Å². The number of benzene rings is 3. The molecular weight excluding hydrogens is 339 g/mol. The molecule has 0 bridgehead atoms. The molecule has 116 valence electrons. The van der Waals surface area contributed by atoms with Crippen molar-refractivity contribution in [3.63, 3.8) is 0 Å². The Labute approximate surface area is 164 Å². The zero-order valence-corrected chi connectivity index (χ0v) is 15.6. The number of fused-ring (bicyclic) bond motifs is 1. The molecule has 0 spiro atoms. The van der Waals surface area contributed by atoms with Crippen molar-refractivity contribution in [2.75, 3.05) is 0 Å². The molecule has 0 fully saturated rings. The topological polar surface area (TPSA) is 86.5 Å². The number of rotatable bonds is 5. The first-order valence-electron chi connectivity index (χ1n) is 6.63. The number of phenols is 1. The third kappa shape index (κ3) is 4.55. The largest absolute Gasteiger partial charge is 1.00 e. The van der Waals surface area contributed by atoms with Crippen molar-refractivity contribution in [2.45, 2.75) is 4.90 Å². The van der Waals surface area contributed by atoms with E-state index >= 15 is 0 Å². The summed E-state index contributed by atoms with van der Waals surface area (Å²) in [6, 6.07) is 17.9. The normalized spacial score (nSPS) is 10.9. The second kappa shape index (κ2) is 9.14. The molecule has 0 aliphatic rings. The van der Waals surface area contributed by atoms with Gasteiger partial charge in [-0.25, -0.2) is 0 Å². The number of hydrogen-bond donors (Lipinski definition) is 1. The van der Waals surface area contributed by atoms with E-state index in [1.807, 2.05) is 30.3 Å². The van der Waals surface area contributed by atoms with Crippen LogP contribution in [0, 0.1) is 0 Å². The van der Waals surface area contributed by atoms with Gasteiger partial charge in [-0.15, -0.1) is 5.11 Å². The molecule has 6 nitrogen and oxygen atoms in total. The molecule has 0 saturated carbocycles. The molecule has 1 N–H and O–H groups in total. The van der Waals surface area contributed by atoms with Crippen molar-refractivity contribution in [2.24, 2.45) is 10.2 Å². The monoisotopic (exact) mass is 350 g/mol. The van der Waals surface area contributed by atoms with Crippen LogP contribution >= 0.6 is 12.0 Å². The van der Waals surface area contributed by atoms with Crippen molar-refractivity contribution in [1.82, 2.24) is 0 Å². The van der Waals surface area contributed by atoms with Crippen LogP contribution in [-0.2, 0) is 9.37 Å². The van der Waals surface area contributed by atoms with Crippen LogP contribution in [0.15, 0.2) is 75.8 Å². The zero-order valence-electron chi connectivity index (χ0n) is 12.7. The fourth-order valence-corrected chi connectivity index (χ4v) is 2.43. The van der Waals surface area contributed by atoms with Crippen LogP contribution < -0.4 is 34.8 Å². The smallest absolute Gasteiger partial charge is 0.691 e. The predicted octanol–water partition coefficient (Wildman–Crippen LogP) is 1.20. The van der Waals surface area contributed by atoms with Crippen LogP contribution in [0.1, 0.15) is 0 Å². The molecule has 0 atom stereocenters. The molecule has 8 heteroatoms. The Hall–Kier alpha value is -1.45. The molecule has 3 aromatic rings. The first-order chi connectivity index (χ1) is 11.3. The van der Waals surface area contributed by atoms with Gasteiger partial charge in [0, 0.05) is 10.3 Å². The van der Waals surface area contributed by atoms with Gasteiger partial charge in [0.2, 0.25) is 0 Å². The summed E-state index contributed by atoms with van der Waals surface area (Å²) < 4.78 is 4.23. The van der Waals surface area contributed by atoms with Crippen LogP contribution in [0.25, 0.3) is 10.8 Å². The molecule has 0 heterocycles. The van der Waals surface area contributed by atoms with Gasteiger partial charge < -0.3 is 10.4 Å². The first-order valence-corrected chi connectivity index (χ1v) is 7.38. The van der Waals surface area contributed by atoms with Crippen LogP contribution in [-0.4, -0.2) is 5.11 Å². The van der Waals surface area contributed by atoms with Crippen molar-refractivity contribution < 1.29 is 49.3 Å². The number of azo groups is 1. The minimum Gasteiger partial charge on any atom is -0.691 e. The third-order valence-corrected chi connectivity index (χ3v) is 3.73. The summed E-state index contributed by atoms with van der Waals surface area (Å²) in [6.07, 6.45) is 0. The van der Waals surface area contributed by atoms with E-state index in [1.165, 1.54) is 0 Å². The molecule has 0 aliphatic heterocycles. The van der Waals surface area contributed by atoms with Gasteiger partial charge >= 0.3 is 29.6 Å². The molecule has 0 amide bonds. The summed E-state index contributed by atoms with van der Waals surface area (Å²) in [5, 5.41) is 33.1.